The number of rotatable bonds is 8. The molecule has 0 heterocycles. The van der Waals surface area contributed by atoms with Gasteiger partial charge in [-0.2, -0.15) is 0 Å². The third kappa shape index (κ3) is 6.83. The molecule has 0 saturated heterocycles. The van der Waals surface area contributed by atoms with Crippen molar-refractivity contribution in [1.82, 2.24) is 0 Å². The van der Waals surface area contributed by atoms with Gasteiger partial charge in [0.2, 0.25) is 0 Å². The fourth-order valence-electron chi connectivity index (χ4n) is 8.46. The first-order chi connectivity index (χ1) is 33.6. The van der Waals surface area contributed by atoms with Gasteiger partial charge in [0.15, 0.2) is 0 Å². The van der Waals surface area contributed by atoms with Gasteiger partial charge in [-0.05, 0) is 124 Å². The average Bonchev–Trinajstić information content (AvgIpc) is 3.39. The van der Waals surface area contributed by atoms with E-state index in [0.29, 0.717) is 16.8 Å². The molecule has 61 heavy (non-hydrogen) atoms. The molecule has 0 bridgehead atoms. The molecule has 0 aromatic heterocycles. The third-order valence-corrected chi connectivity index (χ3v) is 11.4. The molecular formula is C60H41N. The van der Waals surface area contributed by atoms with Crippen molar-refractivity contribution in [2.75, 3.05) is 4.90 Å². The normalized spacial score (nSPS) is 13.1. The lowest BCUT2D eigenvalue weighted by molar-refractivity contribution is 1.28. The maximum atomic E-state index is 9.88. The van der Waals surface area contributed by atoms with E-state index in [1.54, 1.807) is 6.07 Å². The van der Waals surface area contributed by atoms with Crippen LogP contribution in [0.4, 0.5) is 17.1 Å². The van der Waals surface area contributed by atoms with Crippen LogP contribution in [0.3, 0.4) is 0 Å². The van der Waals surface area contributed by atoms with Gasteiger partial charge < -0.3 is 4.90 Å². The smallest absolute Gasteiger partial charge is 0.0645 e. The molecule has 11 aromatic carbocycles. The van der Waals surface area contributed by atoms with Crippen LogP contribution in [0, 0.1) is 0 Å². The Bertz CT molecular complexity index is 3760. The van der Waals surface area contributed by atoms with Gasteiger partial charge in [0, 0.05) is 17.1 Å². The number of anilines is 3. The van der Waals surface area contributed by atoms with E-state index in [-0.39, 0.29) is 46.7 Å². The molecule has 0 saturated carbocycles. The highest BCUT2D eigenvalue weighted by atomic mass is 15.1. The van der Waals surface area contributed by atoms with Gasteiger partial charge in [0.05, 0.1) is 11.0 Å². The van der Waals surface area contributed by atoms with Crippen LogP contribution < -0.4 is 4.90 Å². The van der Waals surface area contributed by atoms with Crippen molar-refractivity contribution in [2.24, 2.45) is 0 Å². The topological polar surface area (TPSA) is 3.24 Å². The minimum atomic E-state index is -0.404. The second kappa shape index (κ2) is 15.6. The third-order valence-electron chi connectivity index (χ3n) is 11.4. The molecule has 0 aliphatic rings. The predicted octanol–water partition coefficient (Wildman–Crippen LogP) is 17.0. The van der Waals surface area contributed by atoms with E-state index in [9.17, 15) is 11.0 Å². The number of hydrogen-bond acceptors (Lipinski definition) is 1. The van der Waals surface area contributed by atoms with Crippen LogP contribution in [-0.2, 0) is 0 Å². The SMILES string of the molecule is [2H]c1c([2H])c(N(c2cccc(-c3cccc4ccccc34)c2)c2c([2H])c([2H])c(-c3c(-c4ccccc4)ccc4ccccc34)c([2H])c2[2H])c([2H])c([2H])c1-c1ccc(-c2cccc3ccccc23)cc1. The lowest BCUT2D eigenvalue weighted by Gasteiger charge is -2.27. The molecule has 286 valence electrons. The number of fused-ring (bicyclic) bond motifs is 3. The van der Waals surface area contributed by atoms with Crippen LogP contribution >= 0.6 is 0 Å². The van der Waals surface area contributed by atoms with Gasteiger partial charge in [-0.25, -0.2) is 0 Å². The molecule has 11 aromatic rings. The highest BCUT2D eigenvalue weighted by Crippen LogP contribution is 2.42. The Morgan fingerprint density at radius 2 is 0.721 bits per heavy atom. The Hall–Kier alpha value is -8.00. The molecule has 0 radical (unpaired) electrons. The largest absolute Gasteiger partial charge is 0.310 e. The molecule has 11 rings (SSSR count). The van der Waals surface area contributed by atoms with Crippen molar-refractivity contribution in [1.29, 1.82) is 0 Å². The van der Waals surface area contributed by atoms with Gasteiger partial charge in [-0.3, -0.25) is 0 Å². The first-order valence-corrected chi connectivity index (χ1v) is 20.4. The summed E-state index contributed by atoms with van der Waals surface area (Å²) in [6.07, 6.45) is 0. The van der Waals surface area contributed by atoms with Crippen LogP contribution in [0.2, 0.25) is 0 Å². The highest BCUT2D eigenvalue weighted by molar-refractivity contribution is 6.04. The summed E-state index contributed by atoms with van der Waals surface area (Å²) in [5, 5.41) is 5.82. The molecular weight excluding hydrogens is 735 g/mol. The van der Waals surface area contributed by atoms with Crippen LogP contribution in [0.25, 0.3) is 88.0 Å². The molecule has 0 aliphatic carbocycles. The van der Waals surface area contributed by atoms with Gasteiger partial charge in [0.25, 0.3) is 0 Å². The van der Waals surface area contributed by atoms with E-state index in [1.165, 1.54) is 4.90 Å². The molecule has 1 nitrogen and oxygen atoms in total. The van der Waals surface area contributed by atoms with Crippen molar-refractivity contribution < 1.29 is 11.0 Å². The van der Waals surface area contributed by atoms with E-state index in [0.717, 1.165) is 65.7 Å². The minimum absolute atomic E-state index is 0.0991. The molecule has 0 N–H and O–H groups in total. The van der Waals surface area contributed by atoms with E-state index in [2.05, 4.69) is 18.2 Å². The highest BCUT2D eigenvalue weighted by Gasteiger charge is 2.17. The van der Waals surface area contributed by atoms with Gasteiger partial charge in [0.1, 0.15) is 0 Å². The van der Waals surface area contributed by atoms with Gasteiger partial charge in [-0.15, -0.1) is 0 Å². The maximum absolute atomic E-state index is 9.88. The number of hydrogen-bond donors (Lipinski definition) is 0. The van der Waals surface area contributed by atoms with Crippen LogP contribution in [-0.4, -0.2) is 0 Å². The summed E-state index contributed by atoms with van der Waals surface area (Å²) in [5.74, 6) is 0. The maximum Gasteiger partial charge on any atom is 0.0645 e. The fraction of sp³-hybridized carbons (Fsp3) is 0. The van der Waals surface area contributed by atoms with Crippen molar-refractivity contribution in [3.05, 3.63) is 249 Å². The lowest BCUT2D eigenvalue weighted by atomic mass is 9.89. The van der Waals surface area contributed by atoms with Crippen molar-refractivity contribution in [3.8, 4) is 55.6 Å². The zero-order chi connectivity index (χ0) is 47.5. The standard InChI is InChI=1S/C60H41N/c1-2-13-46(14-3-1)59-40-35-47-17-6-9-24-58(47)60(59)49-33-38-52(39-34-49)61(53-21-10-20-50(41-53)57-26-12-19-45-16-5-8-23-55(45)57)51-36-31-43(32-37-51)42-27-29-48(30-28-42)56-25-11-18-44-15-4-7-22-54(44)56/h1-41H/i31D,32D,33D,34D,36D,37D,38D,39D. The first-order valence-electron chi connectivity index (χ1n) is 24.4. The summed E-state index contributed by atoms with van der Waals surface area (Å²) in [5.41, 5.74) is 6.37. The molecule has 0 fully saturated rings. The summed E-state index contributed by atoms with van der Waals surface area (Å²) in [7, 11) is 0. The van der Waals surface area contributed by atoms with Crippen LogP contribution in [0.1, 0.15) is 11.0 Å². The van der Waals surface area contributed by atoms with E-state index in [4.69, 9.17) is 0 Å². The predicted molar refractivity (Wildman–Crippen MR) is 261 cm³/mol. The average molecular weight is 784 g/mol. The fourth-order valence-corrected chi connectivity index (χ4v) is 8.46. The lowest BCUT2D eigenvalue weighted by Crippen LogP contribution is -2.10. The van der Waals surface area contributed by atoms with Crippen LogP contribution in [0.5, 0.6) is 0 Å². The molecule has 0 amide bonds. The molecule has 0 unspecified atom stereocenters. The first kappa shape index (κ1) is 28.4. The van der Waals surface area contributed by atoms with Gasteiger partial charge in [-0.1, -0.05) is 212 Å². The number of nitrogens with zero attached hydrogens (tertiary/aromatic N) is 1. The summed E-state index contributed by atoms with van der Waals surface area (Å²) in [4.78, 5) is 1.38. The Balaban J connectivity index is 1.14. The van der Waals surface area contributed by atoms with Crippen molar-refractivity contribution in [2.45, 2.75) is 0 Å². The van der Waals surface area contributed by atoms with E-state index >= 15 is 0 Å². The molecule has 1 heteroatoms. The Labute approximate surface area is 368 Å². The van der Waals surface area contributed by atoms with Crippen molar-refractivity contribution >= 4 is 49.4 Å². The van der Waals surface area contributed by atoms with Crippen molar-refractivity contribution in [3.63, 3.8) is 0 Å². The zero-order valence-corrected chi connectivity index (χ0v) is 33.0. The summed E-state index contributed by atoms with van der Waals surface area (Å²) in [6, 6.07) is 61.5. The molecule has 0 atom stereocenters. The molecule has 0 spiro atoms. The quantitative estimate of drug-likeness (QED) is 0.148. The Morgan fingerprint density at radius 3 is 1.36 bits per heavy atom. The van der Waals surface area contributed by atoms with E-state index < -0.39 is 24.2 Å². The second-order valence-corrected chi connectivity index (χ2v) is 15.0. The summed E-state index contributed by atoms with van der Waals surface area (Å²) >= 11 is 0. The minimum Gasteiger partial charge on any atom is -0.310 e. The van der Waals surface area contributed by atoms with Crippen LogP contribution in [0.15, 0.2) is 249 Å². The Morgan fingerprint density at radius 1 is 0.262 bits per heavy atom. The monoisotopic (exact) mass is 783 g/mol. The Kier molecular flexibility index (Phi) is 7.29. The number of benzene rings is 11. The zero-order valence-electron chi connectivity index (χ0n) is 41.0. The van der Waals surface area contributed by atoms with E-state index in [1.807, 2.05) is 176 Å². The summed E-state index contributed by atoms with van der Waals surface area (Å²) in [6.45, 7) is 0. The second-order valence-electron chi connectivity index (χ2n) is 15.0. The van der Waals surface area contributed by atoms with Gasteiger partial charge >= 0.3 is 0 Å². The molecule has 0 aliphatic heterocycles. The summed E-state index contributed by atoms with van der Waals surface area (Å²) < 4.78 is 78.0.